The Kier molecular flexibility index (Phi) is 2.75. The molecule has 2 N–H and O–H groups in total. The number of benzene rings is 1. The normalized spacial score (nSPS) is 10.8. The van der Waals surface area contributed by atoms with Crippen molar-refractivity contribution in [3.8, 4) is 5.88 Å². The minimum Gasteiger partial charge on any atom is -0.470 e. The topological polar surface area (TPSA) is 78.3 Å². The van der Waals surface area contributed by atoms with Gasteiger partial charge in [-0.2, -0.15) is 0 Å². The van der Waals surface area contributed by atoms with Crippen LogP contribution in [0.5, 0.6) is 5.88 Å². The highest BCUT2D eigenvalue weighted by molar-refractivity contribution is 5.48. The quantitative estimate of drug-likeness (QED) is 0.719. The lowest BCUT2D eigenvalue weighted by molar-refractivity contribution is 0.296. The van der Waals surface area contributed by atoms with Gasteiger partial charge in [-0.25, -0.2) is 4.98 Å². The van der Waals surface area contributed by atoms with E-state index in [0.29, 0.717) is 18.1 Å². The summed E-state index contributed by atoms with van der Waals surface area (Å²) in [5.41, 5.74) is 8.01. The van der Waals surface area contributed by atoms with Gasteiger partial charge in [-0.3, -0.25) is 4.40 Å². The van der Waals surface area contributed by atoms with Crippen LogP contribution in [0.25, 0.3) is 5.65 Å². The van der Waals surface area contributed by atoms with Gasteiger partial charge in [0.15, 0.2) is 0 Å². The second-order valence-corrected chi connectivity index (χ2v) is 4.20. The predicted molar refractivity (Wildman–Crippen MR) is 70.7 cm³/mol. The van der Waals surface area contributed by atoms with Crippen LogP contribution in [0.3, 0.4) is 0 Å². The van der Waals surface area contributed by atoms with Gasteiger partial charge in [0.2, 0.25) is 5.65 Å². The highest BCUT2D eigenvalue weighted by atomic mass is 16.5. The van der Waals surface area contributed by atoms with Crippen LogP contribution in [0, 0.1) is 6.92 Å². The van der Waals surface area contributed by atoms with E-state index in [0.717, 1.165) is 17.1 Å². The molecule has 1 aromatic carbocycles. The van der Waals surface area contributed by atoms with Crippen LogP contribution in [0.4, 0.5) is 5.69 Å². The second-order valence-electron chi connectivity index (χ2n) is 4.20. The molecule has 2 aromatic heterocycles. The van der Waals surface area contributed by atoms with Crippen LogP contribution in [-0.4, -0.2) is 19.6 Å². The molecule has 96 valence electrons. The van der Waals surface area contributed by atoms with Crippen molar-refractivity contribution in [2.24, 2.45) is 0 Å². The number of aromatic nitrogens is 4. The third kappa shape index (κ3) is 2.20. The first-order valence-corrected chi connectivity index (χ1v) is 5.87. The average Bonchev–Trinajstić information content (AvgIpc) is 2.81. The van der Waals surface area contributed by atoms with E-state index in [9.17, 15) is 0 Å². The van der Waals surface area contributed by atoms with Crippen molar-refractivity contribution in [3.05, 3.63) is 48.0 Å². The molecule has 19 heavy (non-hydrogen) atoms. The lowest BCUT2D eigenvalue weighted by Gasteiger charge is -2.06. The fourth-order valence-corrected chi connectivity index (χ4v) is 1.79. The van der Waals surface area contributed by atoms with Crippen LogP contribution >= 0.6 is 0 Å². The lowest BCUT2D eigenvalue weighted by atomic mass is 10.2. The summed E-state index contributed by atoms with van der Waals surface area (Å²) in [6, 6.07) is 7.52. The maximum absolute atomic E-state index is 5.68. The van der Waals surface area contributed by atoms with Gasteiger partial charge in [0.05, 0.1) is 0 Å². The first kappa shape index (κ1) is 11.5. The third-order valence-electron chi connectivity index (χ3n) is 2.82. The number of ether oxygens (including phenoxy) is 1. The molecule has 3 rings (SSSR count). The number of hydrogen-bond acceptors (Lipinski definition) is 5. The van der Waals surface area contributed by atoms with E-state index in [2.05, 4.69) is 15.2 Å². The molecule has 6 heteroatoms. The van der Waals surface area contributed by atoms with Gasteiger partial charge in [0.25, 0.3) is 5.88 Å². The Morgan fingerprint density at radius 3 is 2.79 bits per heavy atom. The van der Waals surface area contributed by atoms with Crippen molar-refractivity contribution in [1.82, 2.24) is 19.6 Å². The summed E-state index contributed by atoms with van der Waals surface area (Å²) < 4.78 is 7.52. The first-order valence-electron chi connectivity index (χ1n) is 5.87. The molecule has 3 aromatic rings. The van der Waals surface area contributed by atoms with E-state index in [1.54, 1.807) is 12.4 Å². The Balaban J connectivity index is 1.83. The zero-order valence-electron chi connectivity index (χ0n) is 10.4. The zero-order valence-corrected chi connectivity index (χ0v) is 10.4. The predicted octanol–water partition coefficient (Wildman–Crippen LogP) is 1.59. The third-order valence-corrected chi connectivity index (χ3v) is 2.82. The fourth-order valence-electron chi connectivity index (χ4n) is 1.79. The fraction of sp³-hybridized carbons (Fsp3) is 0.154. The Bertz CT molecular complexity index is 705. The van der Waals surface area contributed by atoms with Crippen molar-refractivity contribution < 1.29 is 4.74 Å². The number of rotatable bonds is 3. The molecule has 0 amide bonds. The van der Waals surface area contributed by atoms with E-state index >= 15 is 0 Å². The Morgan fingerprint density at radius 2 is 2.00 bits per heavy atom. The van der Waals surface area contributed by atoms with Crippen molar-refractivity contribution >= 4 is 11.3 Å². The number of nitrogen functional groups attached to an aromatic ring is 1. The van der Waals surface area contributed by atoms with Gasteiger partial charge in [0.1, 0.15) is 12.4 Å². The molecule has 0 aliphatic rings. The van der Waals surface area contributed by atoms with E-state index in [1.165, 1.54) is 0 Å². The summed E-state index contributed by atoms with van der Waals surface area (Å²) in [7, 11) is 0. The SMILES string of the molecule is Cc1nnc2c(OCc3ccc(N)cc3)nccn12. The molecule has 0 saturated heterocycles. The second kappa shape index (κ2) is 4.56. The van der Waals surface area contributed by atoms with E-state index in [-0.39, 0.29) is 0 Å². The molecular formula is C13H13N5O. The van der Waals surface area contributed by atoms with Crippen LogP contribution in [0.2, 0.25) is 0 Å². The van der Waals surface area contributed by atoms with Gasteiger partial charge >= 0.3 is 0 Å². The first-order chi connectivity index (χ1) is 9.24. The molecule has 0 spiro atoms. The average molecular weight is 255 g/mol. The molecule has 0 aliphatic heterocycles. The van der Waals surface area contributed by atoms with E-state index < -0.39 is 0 Å². The van der Waals surface area contributed by atoms with E-state index in [4.69, 9.17) is 10.5 Å². The lowest BCUT2D eigenvalue weighted by Crippen LogP contribution is -2.00. The molecule has 6 nitrogen and oxygen atoms in total. The smallest absolute Gasteiger partial charge is 0.260 e. The molecule has 0 saturated carbocycles. The molecule has 0 fully saturated rings. The standard InChI is InChI=1S/C13H13N5O/c1-9-16-17-12-13(15-6-7-18(9)12)19-8-10-2-4-11(14)5-3-10/h2-7H,8,14H2,1H3. The van der Waals surface area contributed by atoms with Crippen molar-refractivity contribution in [2.45, 2.75) is 13.5 Å². The van der Waals surface area contributed by atoms with Gasteiger partial charge in [-0.05, 0) is 24.6 Å². The number of anilines is 1. The Labute approximate surface area is 109 Å². The van der Waals surface area contributed by atoms with Gasteiger partial charge in [-0.15, -0.1) is 10.2 Å². The highest BCUT2D eigenvalue weighted by Crippen LogP contribution is 2.16. The minimum atomic E-state index is 0.416. The number of hydrogen-bond donors (Lipinski definition) is 1. The summed E-state index contributed by atoms with van der Waals surface area (Å²) >= 11 is 0. The maximum atomic E-state index is 5.68. The van der Waals surface area contributed by atoms with Crippen LogP contribution in [0.1, 0.15) is 11.4 Å². The van der Waals surface area contributed by atoms with Gasteiger partial charge < -0.3 is 10.5 Å². The van der Waals surface area contributed by atoms with E-state index in [1.807, 2.05) is 35.6 Å². The monoisotopic (exact) mass is 255 g/mol. The summed E-state index contributed by atoms with van der Waals surface area (Å²) in [5, 5.41) is 8.05. The van der Waals surface area contributed by atoms with Crippen LogP contribution < -0.4 is 10.5 Å². The van der Waals surface area contributed by atoms with Crippen molar-refractivity contribution in [2.75, 3.05) is 5.73 Å². The molecule has 0 radical (unpaired) electrons. The summed E-state index contributed by atoms with van der Waals surface area (Å²) in [4.78, 5) is 4.18. The number of fused-ring (bicyclic) bond motifs is 1. The number of nitrogens with zero attached hydrogens (tertiary/aromatic N) is 4. The minimum absolute atomic E-state index is 0.416. The summed E-state index contributed by atoms with van der Waals surface area (Å²) in [5.74, 6) is 1.27. The van der Waals surface area contributed by atoms with Crippen LogP contribution in [-0.2, 0) is 6.61 Å². The Hall–Kier alpha value is -2.63. The Morgan fingerprint density at radius 1 is 1.21 bits per heavy atom. The van der Waals surface area contributed by atoms with Crippen LogP contribution in [0.15, 0.2) is 36.7 Å². The van der Waals surface area contributed by atoms with Crippen molar-refractivity contribution in [1.29, 1.82) is 0 Å². The van der Waals surface area contributed by atoms with Gasteiger partial charge in [-0.1, -0.05) is 12.1 Å². The molecular weight excluding hydrogens is 242 g/mol. The molecule has 0 unspecified atom stereocenters. The zero-order chi connectivity index (χ0) is 13.2. The number of nitrogens with two attached hydrogens (primary N) is 1. The van der Waals surface area contributed by atoms with Gasteiger partial charge in [0, 0.05) is 18.1 Å². The van der Waals surface area contributed by atoms with Crippen molar-refractivity contribution in [3.63, 3.8) is 0 Å². The highest BCUT2D eigenvalue weighted by Gasteiger charge is 2.08. The largest absolute Gasteiger partial charge is 0.470 e. The molecule has 0 bridgehead atoms. The summed E-state index contributed by atoms with van der Waals surface area (Å²) in [6.07, 6.45) is 3.47. The summed E-state index contributed by atoms with van der Waals surface area (Å²) in [6.45, 7) is 2.29. The molecule has 0 aliphatic carbocycles. The molecule has 2 heterocycles. The number of aryl methyl sites for hydroxylation is 1. The maximum Gasteiger partial charge on any atom is 0.260 e. The molecule has 0 atom stereocenters.